The van der Waals surface area contributed by atoms with Gasteiger partial charge in [-0.1, -0.05) is 0 Å². The predicted octanol–water partition coefficient (Wildman–Crippen LogP) is 0.655. The van der Waals surface area contributed by atoms with Crippen LogP contribution in [0.5, 0.6) is 0 Å². The minimum absolute atomic E-state index is 0.106. The SMILES string of the molecule is OCC1(Cn2cc(Br)cn2)COC1. The highest BCUT2D eigenvalue weighted by molar-refractivity contribution is 9.10. The van der Waals surface area contributed by atoms with E-state index in [0.29, 0.717) is 13.2 Å². The van der Waals surface area contributed by atoms with Gasteiger partial charge in [0.05, 0.1) is 42.4 Å². The van der Waals surface area contributed by atoms with Crippen molar-refractivity contribution >= 4 is 15.9 Å². The number of hydrogen-bond acceptors (Lipinski definition) is 3. The van der Waals surface area contributed by atoms with Crippen LogP contribution in [-0.2, 0) is 11.3 Å². The number of ether oxygens (including phenoxy) is 1. The van der Waals surface area contributed by atoms with E-state index in [0.717, 1.165) is 11.0 Å². The number of halogens is 1. The number of nitrogens with zero attached hydrogens (tertiary/aromatic N) is 2. The molecule has 2 heterocycles. The molecule has 1 N–H and O–H groups in total. The molecule has 72 valence electrons. The van der Waals surface area contributed by atoms with Gasteiger partial charge in [-0.25, -0.2) is 0 Å². The van der Waals surface area contributed by atoms with Gasteiger partial charge in [-0.2, -0.15) is 5.10 Å². The molecule has 1 saturated heterocycles. The van der Waals surface area contributed by atoms with E-state index in [1.54, 1.807) is 6.20 Å². The fourth-order valence-corrected chi connectivity index (χ4v) is 1.72. The average Bonchev–Trinajstić information content (AvgIpc) is 2.44. The Balaban J connectivity index is 2.04. The van der Waals surface area contributed by atoms with Gasteiger partial charge in [0, 0.05) is 6.20 Å². The molecular formula is C8H11BrN2O2. The van der Waals surface area contributed by atoms with Crippen molar-refractivity contribution in [2.75, 3.05) is 19.8 Å². The van der Waals surface area contributed by atoms with Crippen LogP contribution in [-0.4, -0.2) is 34.7 Å². The summed E-state index contributed by atoms with van der Waals surface area (Å²) in [6.07, 6.45) is 3.64. The van der Waals surface area contributed by atoms with Gasteiger partial charge in [-0.3, -0.25) is 4.68 Å². The number of hydrogen-bond donors (Lipinski definition) is 1. The number of aliphatic hydroxyl groups excluding tert-OH is 1. The van der Waals surface area contributed by atoms with Gasteiger partial charge in [0.2, 0.25) is 0 Å². The third kappa shape index (κ3) is 1.77. The predicted molar refractivity (Wildman–Crippen MR) is 50.3 cm³/mol. The minimum atomic E-state index is -0.106. The van der Waals surface area contributed by atoms with E-state index in [-0.39, 0.29) is 12.0 Å². The van der Waals surface area contributed by atoms with E-state index in [1.165, 1.54) is 0 Å². The highest BCUT2D eigenvalue weighted by Gasteiger charge is 2.38. The molecule has 2 rings (SSSR count). The van der Waals surface area contributed by atoms with Crippen LogP contribution in [0.2, 0.25) is 0 Å². The summed E-state index contributed by atoms with van der Waals surface area (Å²) in [5.41, 5.74) is -0.106. The first-order valence-electron chi connectivity index (χ1n) is 4.11. The third-order valence-electron chi connectivity index (χ3n) is 2.25. The van der Waals surface area contributed by atoms with E-state index < -0.39 is 0 Å². The Kier molecular flexibility index (Phi) is 2.40. The molecule has 0 bridgehead atoms. The summed E-state index contributed by atoms with van der Waals surface area (Å²) in [5.74, 6) is 0. The zero-order valence-corrected chi connectivity index (χ0v) is 8.70. The molecule has 4 nitrogen and oxygen atoms in total. The van der Waals surface area contributed by atoms with Crippen molar-refractivity contribution in [3.05, 3.63) is 16.9 Å². The Hall–Kier alpha value is -0.390. The van der Waals surface area contributed by atoms with Crippen molar-refractivity contribution in [2.45, 2.75) is 6.54 Å². The summed E-state index contributed by atoms with van der Waals surface area (Å²) >= 11 is 3.32. The van der Waals surface area contributed by atoms with Crippen molar-refractivity contribution in [1.82, 2.24) is 9.78 Å². The van der Waals surface area contributed by atoms with E-state index >= 15 is 0 Å². The molecular weight excluding hydrogens is 236 g/mol. The minimum Gasteiger partial charge on any atom is -0.396 e. The lowest BCUT2D eigenvalue weighted by Crippen LogP contribution is -2.48. The fraction of sp³-hybridized carbons (Fsp3) is 0.625. The van der Waals surface area contributed by atoms with Gasteiger partial charge in [0.15, 0.2) is 0 Å². The summed E-state index contributed by atoms with van der Waals surface area (Å²) in [4.78, 5) is 0. The van der Waals surface area contributed by atoms with Gasteiger partial charge in [-0.05, 0) is 15.9 Å². The quantitative estimate of drug-likeness (QED) is 0.853. The van der Waals surface area contributed by atoms with E-state index in [9.17, 15) is 5.11 Å². The maximum Gasteiger partial charge on any atom is 0.0632 e. The fourth-order valence-electron chi connectivity index (χ4n) is 1.39. The Bertz CT molecular complexity index is 291. The molecule has 0 aliphatic carbocycles. The largest absolute Gasteiger partial charge is 0.396 e. The molecule has 1 fully saturated rings. The molecule has 13 heavy (non-hydrogen) atoms. The Morgan fingerprint density at radius 3 is 2.85 bits per heavy atom. The maximum absolute atomic E-state index is 9.17. The van der Waals surface area contributed by atoms with E-state index in [1.807, 2.05) is 10.9 Å². The highest BCUT2D eigenvalue weighted by atomic mass is 79.9. The topological polar surface area (TPSA) is 47.3 Å². The second-order valence-electron chi connectivity index (χ2n) is 3.51. The van der Waals surface area contributed by atoms with Crippen LogP contribution in [0.25, 0.3) is 0 Å². The molecule has 5 heteroatoms. The Morgan fingerprint density at radius 2 is 2.46 bits per heavy atom. The smallest absolute Gasteiger partial charge is 0.0632 e. The van der Waals surface area contributed by atoms with Crippen LogP contribution >= 0.6 is 15.9 Å². The second-order valence-corrected chi connectivity index (χ2v) is 4.42. The van der Waals surface area contributed by atoms with Gasteiger partial charge in [0.1, 0.15) is 0 Å². The van der Waals surface area contributed by atoms with Crippen molar-refractivity contribution in [3.63, 3.8) is 0 Å². The number of aliphatic hydroxyl groups is 1. The lowest BCUT2D eigenvalue weighted by Gasteiger charge is -2.39. The molecule has 0 spiro atoms. The Morgan fingerprint density at radius 1 is 1.69 bits per heavy atom. The van der Waals surface area contributed by atoms with Gasteiger partial charge in [-0.15, -0.1) is 0 Å². The normalized spacial score (nSPS) is 19.8. The molecule has 1 aliphatic rings. The molecule has 0 aromatic carbocycles. The van der Waals surface area contributed by atoms with E-state index in [4.69, 9.17) is 4.74 Å². The molecule has 0 amide bonds. The lowest BCUT2D eigenvalue weighted by atomic mass is 9.87. The number of rotatable bonds is 3. The van der Waals surface area contributed by atoms with Crippen LogP contribution in [0.4, 0.5) is 0 Å². The van der Waals surface area contributed by atoms with Crippen LogP contribution in [0, 0.1) is 5.41 Å². The van der Waals surface area contributed by atoms with Crippen molar-refractivity contribution in [3.8, 4) is 0 Å². The summed E-state index contributed by atoms with van der Waals surface area (Å²) in [5, 5.41) is 13.3. The molecule has 1 aromatic heterocycles. The standard InChI is InChI=1S/C8H11BrN2O2/c9-7-1-10-11(2-7)3-8(4-12)5-13-6-8/h1-2,12H,3-6H2. The molecule has 0 unspecified atom stereocenters. The molecule has 0 saturated carbocycles. The average molecular weight is 247 g/mol. The van der Waals surface area contributed by atoms with Gasteiger partial charge in [0.25, 0.3) is 0 Å². The first kappa shape index (κ1) is 9.18. The maximum atomic E-state index is 9.17. The first-order chi connectivity index (χ1) is 6.24. The monoisotopic (exact) mass is 246 g/mol. The summed E-state index contributed by atoms with van der Waals surface area (Å²) in [6, 6.07) is 0. The van der Waals surface area contributed by atoms with Crippen LogP contribution < -0.4 is 0 Å². The van der Waals surface area contributed by atoms with E-state index in [2.05, 4.69) is 21.0 Å². The van der Waals surface area contributed by atoms with Crippen molar-refractivity contribution in [2.24, 2.45) is 5.41 Å². The third-order valence-corrected chi connectivity index (χ3v) is 2.66. The van der Waals surface area contributed by atoms with Crippen molar-refractivity contribution in [1.29, 1.82) is 0 Å². The first-order valence-corrected chi connectivity index (χ1v) is 4.90. The van der Waals surface area contributed by atoms with Crippen LogP contribution in [0.3, 0.4) is 0 Å². The molecule has 1 aliphatic heterocycles. The molecule has 0 atom stereocenters. The van der Waals surface area contributed by atoms with Crippen molar-refractivity contribution < 1.29 is 9.84 Å². The summed E-state index contributed by atoms with van der Waals surface area (Å²) in [6.45, 7) is 2.13. The molecule has 1 aromatic rings. The van der Waals surface area contributed by atoms with Gasteiger partial charge >= 0.3 is 0 Å². The summed E-state index contributed by atoms with van der Waals surface area (Å²) in [7, 11) is 0. The van der Waals surface area contributed by atoms with Gasteiger partial charge < -0.3 is 9.84 Å². The zero-order valence-electron chi connectivity index (χ0n) is 7.11. The highest BCUT2D eigenvalue weighted by Crippen LogP contribution is 2.28. The lowest BCUT2D eigenvalue weighted by molar-refractivity contribution is -0.146. The number of aromatic nitrogens is 2. The zero-order chi connectivity index (χ0) is 9.31. The molecule has 0 radical (unpaired) electrons. The summed E-state index contributed by atoms with van der Waals surface area (Å²) < 4.78 is 7.88. The van der Waals surface area contributed by atoms with Crippen LogP contribution in [0.15, 0.2) is 16.9 Å². The second kappa shape index (κ2) is 3.40. The van der Waals surface area contributed by atoms with Crippen LogP contribution in [0.1, 0.15) is 0 Å². The Labute approximate surface area is 84.6 Å².